The van der Waals surface area contributed by atoms with Crippen LogP contribution in [0.3, 0.4) is 0 Å². The molecule has 7 nitrogen and oxygen atoms in total. The van der Waals surface area contributed by atoms with Crippen molar-refractivity contribution < 1.29 is 23.2 Å². The Labute approximate surface area is 107 Å². The van der Waals surface area contributed by atoms with E-state index in [-0.39, 0.29) is 18.8 Å². The molecule has 1 aliphatic heterocycles. The summed E-state index contributed by atoms with van der Waals surface area (Å²) in [6.45, 7) is 8.81. The zero-order valence-corrected chi connectivity index (χ0v) is 11.9. The standard InChI is InChI=1S/C10H21N2O5P/c1-8(2)11-12-5-9(3)17-10(6-12)7-16-18(13,14)15-4/h9-11H,1,5-7H2,2-4H3,(H,13,14). The van der Waals surface area contributed by atoms with Crippen molar-refractivity contribution in [2.75, 3.05) is 26.8 Å². The first-order chi connectivity index (χ1) is 8.32. The van der Waals surface area contributed by atoms with Gasteiger partial charge in [-0.2, -0.15) is 0 Å². The monoisotopic (exact) mass is 280 g/mol. The third kappa shape index (κ3) is 5.48. The van der Waals surface area contributed by atoms with Crippen LogP contribution in [0.15, 0.2) is 12.3 Å². The first kappa shape index (κ1) is 15.6. The van der Waals surface area contributed by atoms with Crippen LogP contribution >= 0.6 is 7.82 Å². The number of rotatable bonds is 6. The summed E-state index contributed by atoms with van der Waals surface area (Å²) in [5, 5.41) is 1.94. The fourth-order valence-electron chi connectivity index (χ4n) is 1.73. The molecule has 1 heterocycles. The van der Waals surface area contributed by atoms with E-state index in [0.717, 1.165) is 12.8 Å². The number of morpholine rings is 1. The van der Waals surface area contributed by atoms with Crippen molar-refractivity contribution in [3.8, 4) is 0 Å². The second-order valence-electron chi connectivity index (χ2n) is 4.31. The van der Waals surface area contributed by atoms with Gasteiger partial charge in [-0.05, 0) is 13.8 Å². The number of nitrogens with zero attached hydrogens (tertiary/aromatic N) is 1. The van der Waals surface area contributed by atoms with Gasteiger partial charge in [0.2, 0.25) is 0 Å². The van der Waals surface area contributed by atoms with E-state index in [9.17, 15) is 4.57 Å². The maximum atomic E-state index is 11.2. The molecule has 0 bridgehead atoms. The van der Waals surface area contributed by atoms with Crippen LogP contribution in [-0.4, -0.2) is 48.9 Å². The number of hydrogen-bond acceptors (Lipinski definition) is 6. The van der Waals surface area contributed by atoms with Crippen molar-refractivity contribution in [2.24, 2.45) is 0 Å². The SMILES string of the molecule is C=C(C)NN1CC(C)OC(COP(=O)(O)OC)C1. The van der Waals surface area contributed by atoms with E-state index in [1.54, 1.807) is 0 Å². The van der Waals surface area contributed by atoms with Crippen molar-refractivity contribution >= 4 is 7.82 Å². The Balaban J connectivity index is 2.45. The highest BCUT2D eigenvalue weighted by molar-refractivity contribution is 7.47. The highest BCUT2D eigenvalue weighted by Crippen LogP contribution is 2.42. The first-order valence-corrected chi connectivity index (χ1v) is 7.17. The van der Waals surface area contributed by atoms with Gasteiger partial charge in [-0.25, -0.2) is 9.57 Å². The summed E-state index contributed by atoms with van der Waals surface area (Å²) >= 11 is 0. The van der Waals surface area contributed by atoms with Gasteiger partial charge < -0.3 is 15.1 Å². The molecular formula is C10H21N2O5P. The Hall–Kier alpha value is -0.430. The molecule has 3 unspecified atom stereocenters. The molecule has 0 aromatic rings. The molecule has 1 aliphatic rings. The van der Waals surface area contributed by atoms with Crippen LogP contribution in [0.25, 0.3) is 0 Å². The maximum absolute atomic E-state index is 11.2. The molecule has 0 aromatic heterocycles. The lowest BCUT2D eigenvalue weighted by Gasteiger charge is -2.37. The van der Waals surface area contributed by atoms with Crippen LogP contribution in [0.1, 0.15) is 13.8 Å². The average Bonchev–Trinajstić information content (AvgIpc) is 2.25. The van der Waals surface area contributed by atoms with E-state index in [1.165, 1.54) is 0 Å². The van der Waals surface area contributed by atoms with Crippen molar-refractivity contribution in [2.45, 2.75) is 26.1 Å². The van der Waals surface area contributed by atoms with E-state index in [1.807, 2.05) is 18.9 Å². The third-order valence-electron chi connectivity index (χ3n) is 2.33. The lowest BCUT2D eigenvalue weighted by atomic mass is 10.2. The summed E-state index contributed by atoms with van der Waals surface area (Å²) in [6, 6.07) is 0. The fraction of sp³-hybridized carbons (Fsp3) is 0.800. The molecule has 0 spiro atoms. The molecule has 0 radical (unpaired) electrons. The van der Waals surface area contributed by atoms with Gasteiger partial charge in [0.05, 0.1) is 18.8 Å². The molecule has 18 heavy (non-hydrogen) atoms. The molecule has 106 valence electrons. The predicted molar refractivity (Wildman–Crippen MR) is 66.6 cm³/mol. The Morgan fingerprint density at radius 1 is 1.67 bits per heavy atom. The van der Waals surface area contributed by atoms with Gasteiger partial charge in [0.1, 0.15) is 0 Å². The second-order valence-corrected chi connectivity index (χ2v) is 5.87. The lowest BCUT2D eigenvalue weighted by Crippen LogP contribution is -2.53. The van der Waals surface area contributed by atoms with Gasteiger partial charge in [-0.15, -0.1) is 0 Å². The number of nitrogens with one attached hydrogen (secondary N) is 1. The fourth-order valence-corrected chi connectivity index (χ4v) is 2.19. The van der Waals surface area contributed by atoms with Crippen LogP contribution in [0.5, 0.6) is 0 Å². The molecule has 1 fully saturated rings. The van der Waals surface area contributed by atoms with Crippen molar-refractivity contribution in [1.29, 1.82) is 0 Å². The number of allylic oxidation sites excluding steroid dienone is 1. The minimum Gasteiger partial charge on any atom is -0.370 e. The van der Waals surface area contributed by atoms with Gasteiger partial charge in [-0.3, -0.25) is 9.05 Å². The number of hydrogen-bond donors (Lipinski definition) is 2. The third-order valence-corrected chi connectivity index (χ3v) is 3.27. The molecule has 1 rings (SSSR count). The predicted octanol–water partition coefficient (Wildman–Crippen LogP) is 0.877. The highest BCUT2D eigenvalue weighted by Gasteiger charge is 2.28. The maximum Gasteiger partial charge on any atom is 0.472 e. The van der Waals surface area contributed by atoms with Crippen LogP contribution in [0.2, 0.25) is 0 Å². The van der Waals surface area contributed by atoms with Crippen LogP contribution in [-0.2, 0) is 18.3 Å². The number of hydrazine groups is 1. The van der Waals surface area contributed by atoms with E-state index in [0.29, 0.717) is 13.1 Å². The summed E-state index contributed by atoms with van der Waals surface area (Å²) in [5.41, 5.74) is 3.92. The van der Waals surface area contributed by atoms with Crippen molar-refractivity contribution in [1.82, 2.24) is 10.4 Å². The smallest absolute Gasteiger partial charge is 0.370 e. The zero-order valence-electron chi connectivity index (χ0n) is 11.0. The largest absolute Gasteiger partial charge is 0.472 e. The van der Waals surface area contributed by atoms with Crippen LogP contribution in [0, 0.1) is 0 Å². The van der Waals surface area contributed by atoms with Gasteiger partial charge in [0.25, 0.3) is 0 Å². The minimum absolute atomic E-state index is 0.000164. The first-order valence-electron chi connectivity index (χ1n) is 5.68. The van der Waals surface area contributed by atoms with Gasteiger partial charge in [0, 0.05) is 25.9 Å². The average molecular weight is 280 g/mol. The van der Waals surface area contributed by atoms with Crippen LogP contribution < -0.4 is 5.43 Å². The Morgan fingerprint density at radius 2 is 2.33 bits per heavy atom. The van der Waals surface area contributed by atoms with Gasteiger partial charge >= 0.3 is 7.82 Å². The van der Waals surface area contributed by atoms with E-state index in [2.05, 4.69) is 16.5 Å². The summed E-state index contributed by atoms with van der Waals surface area (Å²) in [7, 11) is -2.82. The molecule has 1 saturated heterocycles. The van der Waals surface area contributed by atoms with Gasteiger partial charge in [-0.1, -0.05) is 6.58 Å². The summed E-state index contributed by atoms with van der Waals surface area (Å²) in [4.78, 5) is 9.14. The van der Waals surface area contributed by atoms with Crippen molar-refractivity contribution in [3.05, 3.63) is 12.3 Å². The summed E-state index contributed by atoms with van der Waals surface area (Å²) in [6.07, 6.45) is -0.295. The molecule has 0 amide bonds. The van der Waals surface area contributed by atoms with E-state index < -0.39 is 7.82 Å². The van der Waals surface area contributed by atoms with Gasteiger partial charge in [0.15, 0.2) is 0 Å². The number of phosphoric acid groups is 1. The topological polar surface area (TPSA) is 80.3 Å². The molecule has 0 saturated carbocycles. The second kappa shape index (κ2) is 6.65. The zero-order chi connectivity index (χ0) is 13.8. The molecule has 3 atom stereocenters. The summed E-state index contributed by atoms with van der Waals surface area (Å²) in [5.74, 6) is 0. The lowest BCUT2D eigenvalue weighted by molar-refractivity contribution is -0.104. The molecule has 0 aliphatic carbocycles. The van der Waals surface area contributed by atoms with E-state index in [4.69, 9.17) is 14.2 Å². The molecule has 8 heteroatoms. The highest BCUT2D eigenvalue weighted by atomic mass is 31.2. The quantitative estimate of drug-likeness (QED) is 0.699. The molecule has 2 N–H and O–H groups in total. The van der Waals surface area contributed by atoms with E-state index >= 15 is 0 Å². The summed E-state index contributed by atoms with van der Waals surface area (Å²) < 4.78 is 25.9. The Bertz CT molecular complexity index is 338. The number of ether oxygens (including phenoxy) is 1. The van der Waals surface area contributed by atoms with Crippen LogP contribution in [0.4, 0.5) is 0 Å². The number of phosphoric ester groups is 1. The normalized spacial score (nSPS) is 28.7. The molecule has 0 aromatic carbocycles. The minimum atomic E-state index is -3.94. The molecular weight excluding hydrogens is 259 g/mol. The Morgan fingerprint density at radius 3 is 2.89 bits per heavy atom. The van der Waals surface area contributed by atoms with Crippen molar-refractivity contribution in [3.63, 3.8) is 0 Å². The Kier molecular flexibility index (Phi) is 5.78.